The SMILES string of the molecule is CC1(C)CC(OC(=O)c2ccc(C(F)(F)F)cc2)=C2CC(C)(C)N([O])[C@@]2(C)C1. The lowest BCUT2D eigenvalue weighted by atomic mass is 9.68. The fourth-order valence-corrected chi connectivity index (χ4v) is 4.66. The van der Waals surface area contributed by atoms with Crippen molar-refractivity contribution in [3.8, 4) is 0 Å². The number of rotatable bonds is 2. The van der Waals surface area contributed by atoms with Crippen LogP contribution in [0.3, 0.4) is 0 Å². The number of benzene rings is 1. The second kappa shape index (κ2) is 6.32. The molecule has 0 spiro atoms. The Balaban J connectivity index is 1.92. The maximum absolute atomic E-state index is 12.9. The molecule has 1 aliphatic heterocycles. The van der Waals surface area contributed by atoms with Gasteiger partial charge in [-0.1, -0.05) is 13.8 Å². The van der Waals surface area contributed by atoms with E-state index in [2.05, 4.69) is 0 Å². The number of carbonyl (C=O) groups is 1. The molecule has 0 bridgehead atoms. The Morgan fingerprint density at radius 2 is 1.61 bits per heavy atom. The van der Waals surface area contributed by atoms with Crippen molar-refractivity contribution in [2.45, 2.75) is 71.1 Å². The van der Waals surface area contributed by atoms with Gasteiger partial charge in [-0.05, 0) is 68.9 Å². The number of hydrogen-bond acceptors (Lipinski definition) is 3. The van der Waals surface area contributed by atoms with E-state index in [4.69, 9.17) is 4.74 Å². The Hall–Kier alpha value is -1.86. The molecule has 1 saturated heterocycles. The Labute approximate surface area is 162 Å². The van der Waals surface area contributed by atoms with Crippen molar-refractivity contribution in [2.75, 3.05) is 0 Å². The van der Waals surface area contributed by atoms with Gasteiger partial charge < -0.3 is 4.74 Å². The summed E-state index contributed by atoms with van der Waals surface area (Å²) in [5.41, 5.74) is -1.60. The van der Waals surface area contributed by atoms with Crippen LogP contribution in [-0.2, 0) is 16.1 Å². The summed E-state index contributed by atoms with van der Waals surface area (Å²) >= 11 is 0. The van der Waals surface area contributed by atoms with Gasteiger partial charge in [0.1, 0.15) is 5.76 Å². The average molecular weight is 396 g/mol. The fraction of sp³-hybridized carbons (Fsp3) is 0.571. The Kier molecular flexibility index (Phi) is 4.71. The highest BCUT2D eigenvalue weighted by molar-refractivity contribution is 5.90. The van der Waals surface area contributed by atoms with Crippen LogP contribution in [0, 0.1) is 5.41 Å². The molecule has 1 aromatic rings. The minimum Gasteiger partial charge on any atom is -0.427 e. The van der Waals surface area contributed by atoms with E-state index in [1.165, 1.54) is 0 Å². The summed E-state index contributed by atoms with van der Waals surface area (Å²) in [6.07, 6.45) is -2.84. The van der Waals surface area contributed by atoms with Crippen LogP contribution in [0.25, 0.3) is 0 Å². The average Bonchev–Trinajstić information content (AvgIpc) is 2.73. The van der Waals surface area contributed by atoms with Crippen LogP contribution in [0.2, 0.25) is 0 Å². The highest BCUT2D eigenvalue weighted by Gasteiger charge is 2.57. The molecule has 1 heterocycles. The summed E-state index contributed by atoms with van der Waals surface area (Å²) in [4.78, 5) is 12.6. The van der Waals surface area contributed by atoms with Crippen molar-refractivity contribution >= 4 is 5.97 Å². The van der Waals surface area contributed by atoms with Gasteiger partial charge in [-0.25, -0.2) is 4.79 Å². The molecule has 7 heteroatoms. The van der Waals surface area contributed by atoms with Crippen LogP contribution in [0.4, 0.5) is 13.2 Å². The molecule has 1 aliphatic carbocycles. The topological polar surface area (TPSA) is 49.4 Å². The molecule has 3 rings (SSSR count). The molecular weight excluding hydrogens is 371 g/mol. The Morgan fingerprint density at radius 3 is 2.14 bits per heavy atom. The van der Waals surface area contributed by atoms with Crippen molar-refractivity contribution in [3.05, 3.63) is 46.7 Å². The smallest absolute Gasteiger partial charge is 0.416 e. The number of hydroxylamine groups is 2. The van der Waals surface area contributed by atoms with Crippen LogP contribution in [0.15, 0.2) is 35.6 Å². The maximum Gasteiger partial charge on any atom is 0.416 e. The van der Waals surface area contributed by atoms with Gasteiger partial charge in [0.2, 0.25) is 0 Å². The number of fused-ring (bicyclic) bond motifs is 1. The zero-order valence-electron chi connectivity index (χ0n) is 16.7. The van der Waals surface area contributed by atoms with Gasteiger partial charge in [-0.15, -0.1) is 10.3 Å². The van der Waals surface area contributed by atoms with E-state index < -0.39 is 28.8 Å². The number of esters is 1. The van der Waals surface area contributed by atoms with Gasteiger partial charge in [0, 0.05) is 12.0 Å². The maximum atomic E-state index is 12.9. The van der Waals surface area contributed by atoms with Crippen molar-refractivity contribution in [2.24, 2.45) is 5.41 Å². The summed E-state index contributed by atoms with van der Waals surface area (Å²) in [6.45, 7) is 9.62. The van der Waals surface area contributed by atoms with Crippen LogP contribution in [-0.4, -0.2) is 22.1 Å². The molecule has 1 aromatic carbocycles. The number of hydrogen-bond donors (Lipinski definition) is 0. The first kappa shape index (κ1) is 20.9. The van der Waals surface area contributed by atoms with E-state index >= 15 is 0 Å². The Bertz CT molecular complexity index is 824. The molecule has 28 heavy (non-hydrogen) atoms. The predicted molar refractivity (Wildman–Crippen MR) is 96.5 cm³/mol. The minimum absolute atomic E-state index is 0.0439. The molecule has 0 aromatic heterocycles. The highest BCUT2D eigenvalue weighted by Crippen LogP contribution is 2.55. The third-order valence-corrected chi connectivity index (χ3v) is 5.72. The van der Waals surface area contributed by atoms with E-state index in [0.717, 1.165) is 34.9 Å². The summed E-state index contributed by atoms with van der Waals surface area (Å²) in [6, 6.07) is 3.95. The molecule has 0 unspecified atom stereocenters. The second-order valence-corrected chi connectivity index (χ2v) is 9.44. The van der Waals surface area contributed by atoms with Crippen LogP contribution in [0.5, 0.6) is 0 Å². The zero-order chi connectivity index (χ0) is 21.1. The predicted octanol–water partition coefficient (Wildman–Crippen LogP) is 5.52. The summed E-state index contributed by atoms with van der Waals surface area (Å²) < 4.78 is 43.8. The van der Waals surface area contributed by atoms with E-state index in [0.29, 0.717) is 25.0 Å². The third-order valence-electron chi connectivity index (χ3n) is 5.72. The lowest BCUT2D eigenvalue weighted by Gasteiger charge is -2.44. The van der Waals surface area contributed by atoms with E-state index in [9.17, 15) is 23.2 Å². The summed E-state index contributed by atoms with van der Waals surface area (Å²) in [5, 5.41) is 14.0. The lowest BCUT2D eigenvalue weighted by Crippen LogP contribution is -2.50. The van der Waals surface area contributed by atoms with E-state index in [1.807, 2.05) is 34.6 Å². The number of allylic oxidation sites excluding steroid dienone is 1. The molecule has 2 aliphatic rings. The van der Waals surface area contributed by atoms with Crippen LogP contribution in [0.1, 0.15) is 69.8 Å². The molecule has 0 amide bonds. The van der Waals surface area contributed by atoms with Crippen molar-refractivity contribution in [1.29, 1.82) is 0 Å². The van der Waals surface area contributed by atoms with E-state index in [-0.39, 0.29) is 11.0 Å². The molecular formula is C21H25F3NO3. The van der Waals surface area contributed by atoms with Gasteiger partial charge >= 0.3 is 12.1 Å². The van der Waals surface area contributed by atoms with Gasteiger partial charge in [0.05, 0.1) is 16.7 Å². The van der Waals surface area contributed by atoms with Crippen LogP contribution >= 0.6 is 0 Å². The molecule has 4 nitrogen and oxygen atoms in total. The largest absolute Gasteiger partial charge is 0.427 e. The van der Waals surface area contributed by atoms with Gasteiger partial charge in [-0.3, -0.25) is 0 Å². The normalized spacial score (nSPS) is 26.9. The minimum atomic E-state index is -4.46. The summed E-state index contributed by atoms with van der Waals surface area (Å²) in [5.74, 6) is -0.242. The lowest BCUT2D eigenvalue weighted by molar-refractivity contribution is -0.251. The number of ether oxygens (including phenoxy) is 1. The van der Waals surface area contributed by atoms with Gasteiger partial charge in [0.25, 0.3) is 0 Å². The monoisotopic (exact) mass is 396 g/mol. The van der Waals surface area contributed by atoms with Crippen molar-refractivity contribution in [1.82, 2.24) is 5.06 Å². The third kappa shape index (κ3) is 3.57. The number of carbonyl (C=O) groups excluding carboxylic acids is 1. The quantitative estimate of drug-likeness (QED) is 0.618. The molecule has 1 atom stereocenters. The molecule has 0 saturated carbocycles. The Morgan fingerprint density at radius 1 is 1.04 bits per heavy atom. The number of nitrogens with zero attached hydrogens (tertiary/aromatic N) is 1. The van der Waals surface area contributed by atoms with Gasteiger partial charge in [-0.2, -0.15) is 13.2 Å². The first-order chi connectivity index (χ1) is 12.7. The number of halogens is 3. The highest BCUT2D eigenvalue weighted by atomic mass is 19.4. The van der Waals surface area contributed by atoms with Crippen LogP contribution < -0.4 is 0 Å². The standard InChI is InChI=1S/C21H25F3NO3/c1-18(2)11-16(15-10-19(3,4)25(27)20(15,5)12-18)28-17(26)13-6-8-14(9-7-13)21(22,23)24/h6-9H,10-12H2,1-5H3/t20-/m0/s1. The van der Waals surface area contributed by atoms with Gasteiger partial charge in [0.15, 0.2) is 0 Å². The first-order valence-electron chi connectivity index (χ1n) is 9.25. The summed E-state index contributed by atoms with van der Waals surface area (Å²) in [7, 11) is 0. The molecule has 1 fully saturated rings. The van der Waals surface area contributed by atoms with Crippen molar-refractivity contribution in [3.63, 3.8) is 0 Å². The zero-order valence-corrected chi connectivity index (χ0v) is 16.7. The van der Waals surface area contributed by atoms with E-state index in [1.54, 1.807) is 0 Å². The first-order valence-corrected chi connectivity index (χ1v) is 9.25. The second-order valence-electron chi connectivity index (χ2n) is 9.44. The molecule has 153 valence electrons. The molecule has 0 N–H and O–H groups in total. The molecule has 1 radical (unpaired) electrons. The fourth-order valence-electron chi connectivity index (χ4n) is 4.66. The van der Waals surface area contributed by atoms with Crippen molar-refractivity contribution < 1.29 is 27.9 Å². The number of alkyl halides is 3.